The lowest BCUT2D eigenvalue weighted by molar-refractivity contribution is 1.51. The van der Waals surface area contributed by atoms with Crippen LogP contribution in [0.5, 0.6) is 0 Å². The van der Waals surface area contributed by atoms with Crippen molar-refractivity contribution in [2.45, 2.75) is 27.7 Å². The molecule has 0 radical (unpaired) electrons. The molecule has 0 nitrogen and oxygen atoms in total. The Morgan fingerprint density at radius 2 is 0.438 bits per heavy atom. The summed E-state index contributed by atoms with van der Waals surface area (Å²) in [4.78, 5) is 0. The molecule has 160 valence electrons. The fourth-order valence-electron chi connectivity index (χ4n) is 3.62. The van der Waals surface area contributed by atoms with Crippen molar-refractivity contribution in [2.24, 2.45) is 0 Å². The highest BCUT2D eigenvalue weighted by Gasteiger charge is 2.02. The van der Waals surface area contributed by atoms with Gasteiger partial charge in [-0.25, -0.2) is 0 Å². The van der Waals surface area contributed by atoms with Gasteiger partial charge in [-0.15, -0.1) is 0 Å². The van der Waals surface area contributed by atoms with Gasteiger partial charge in [0.25, 0.3) is 0 Å². The Kier molecular flexibility index (Phi) is 8.40. The predicted octanol–water partition coefficient (Wildman–Crippen LogP) is 9.27. The Balaban J connectivity index is 0.000000181. The predicted molar refractivity (Wildman–Crippen MR) is 142 cm³/mol. The van der Waals surface area contributed by atoms with Gasteiger partial charge in [-0.3, -0.25) is 0 Å². The Labute approximate surface area is 193 Å². The van der Waals surface area contributed by atoms with Crippen molar-refractivity contribution in [3.05, 3.63) is 144 Å². The van der Waals surface area contributed by atoms with E-state index in [4.69, 9.17) is 0 Å². The van der Waals surface area contributed by atoms with Crippen molar-refractivity contribution in [2.75, 3.05) is 0 Å². The van der Waals surface area contributed by atoms with E-state index in [0.29, 0.717) is 0 Å². The summed E-state index contributed by atoms with van der Waals surface area (Å²) in [7, 11) is 0. The van der Waals surface area contributed by atoms with Crippen molar-refractivity contribution in [3.63, 3.8) is 0 Å². The van der Waals surface area contributed by atoms with Crippen LogP contribution >= 0.6 is 0 Å². The van der Waals surface area contributed by atoms with Gasteiger partial charge in [0, 0.05) is 0 Å². The molecule has 0 atom stereocenters. The fourth-order valence-corrected chi connectivity index (χ4v) is 3.62. The Morgan fingerprint density at radius 1 is 0.281 bits per heavy atom. The molecule has 0 heterocycles. The third-order valence-corrected chi connectivity index (χ3v) is 5.95. The second-order valence-electron chi connectivity index (χ2n) is 7.96. The Hall–Kier alpha value is -3.64. The lowest BCUT2D eigenvalue weighted by Crippen LogP contribution is -1.85. The largest absolute Gasteiger partial charge is 0.0622 e. The average Bonchev–Trinajstić information content (AvgIpc) is 2.89. The molecule has 0 spiro atoms. The molecule has 0 bridgehead atoms. The zero-order chi connectivity index (χ0) is 22.8. The summed E-state index contributed by atoms with van der Waals surface area (Å²) < 4.78 is 0. The summed E-state index contributed by atoms with van der Waals surface area (Å²) in [6.07, 6.45) is 0. The molecule has 4 aromatic rings. The molecule has 4 rings (SSSR count). The number of benzene rings is 4. The fraction of sp³-hybridized carbons (Fsp3) is 0.125. The Morgan fingerprint density at radius 3 is 0.594 bits per heavy atom. The maximum absolute atomic E-state index is 2.18. The van der Waals surface area contributed by atoms with Gasteiger partial charge in [0.1, 0.15) is 0 Å². The maximum atomic E-state index is 2.18. The molecule has 32 heavy (non-hydrogen) atoms. The minimum absolute atomic E-state index is 1.30. The molecular weight excluding hydrogens is 384 g/mol. The lowest BCUT2D eigenvalue weighted by Gasteiger charge is -2.08. The standard InChI is InChI=1S/2C16H16/c2*1-13(15-9-5-3-6-10-15)14(2)16-11-7-4-8-12-16/h2*3-12H,1-2H3/b14-13+;14-13-. The van der Waals surface area contributed by atoms with Crippen LogP contribution in [0.1, 0.15) is 49.9 Å². The lowest BCUT2D eigenvalue weighted by atomic mass is 9.97. The monoisotopic (exact) mass is 416 g/mol. The van der Waals surface area contributed by atoms with Crippen LogP contribution < -0.4 is 0 Å². The minimum atomic E-state index is 1.30. The number of hydrogen-bond donors (Lipinski definition) is 0. The summed E-state index contributed by atoms with van der Waals surface area (Å²) in [6.45, 7) is 8.71. The summed E-state index contributed by atoms with van der Waals surface area (Å²) in [5.41, 5.74) is 10.5. The second kappa shape index (κ2) is 11.7. The smallest absolute Gasteiger partial charge is 0.0224 e. The topological polar surface area (TPSA) is 0 Å². The van der Waals surface area contributed by atoms with Crippen LogP contribution in [0.25, 0.3) is 22.3 Å². The zero-order valence-corrected chi connectivity index (χ0v) is 19.5. The van der Waals surface area contributed by atoms with E-state index in [1.165, 1.54) is 44.5 Å². The molecule has 0 aliphatic rings. The normalized spacial score (nSPS) is 12.1. The number of rotatable bonds is 4. The second-order valence-corrected chi connectivity index (χ2v) is 7.96. The first-order valence-corrected chi connectivity index (χ1v) is 11.1. The molecule has 0 unspecified atom stereocenters. The van der Waals surface area contributed by atoms with Gasteiger partial charge in [0.05, 0.1) is 0 Å². The molecule has 0 N–H and O–H groups in total. The van der Waals surface area contributed by atoms with Crippen LogP contribution in [0.4, 0.5) is 0 Å². The Bertz CT molecular complexity index is 958. The average molecular weight is 417 g/mol. The summed E-state index contributed by atoms with van der Waals surface area (Å²) in [5.74, 6) is 0. The molecule has 0 saturated carbocycles. The highest BCUT2D eigenvalue weighted by atomic mass is 14.1. The first kappa shape index (κ1) is 23.0. The first-order valence-electron chi connectivity index (χ1n) is 11.1. The summed E-state index contributed by atoms with van der Waals surface area (Å²) in [5, 5.41) is 0. The molecule has 0 aliphatic heterocycles. The van der Waals surface area contributed by atoms with Crippen molar-refractivity contribution in [3.8, 4) is 0 Å². The molecule has 0 saturated heterocycles. The van der Waals surface area contributed by atoms with Crippen LogP contribution in [0.3, 0.4) is 0 Å². The maximum Gasteiger partial charge on any atom is -0.0224 e. The van der Waals surface area contributed by atoms with E-state index < -0.39 is 0 Å². The minimum Gasteiger partial charge on any atom is -0.0622 e. The molecule has 0 fully saturated rings. The third kappa shape index (κ3) is 6.18. The van der Waals surface area contributed by atoms with Gasteiger partial charge in [-0.2, -0.15) is 0 Å². The van der Waals surface area contributed by atoms with Crippen LogP contribution in [0.2, 0.25) is 0 Å². The van der Waals surface area contributed by atoms with Crippen molar-refractivity contribution < 1.29 is 0 Å². The van der Waals surface area contributed by atoms with E-state index in [2.05, 4.69) is 149 Å². The van der Waals surface area contributed by atoms with Crippen LogP contribution in [-0.2, 0) is 0 Å². The molecule has 0 amide bonds. The van der Waals surface area contributed by atoms with E-state index in [0.717, 1.165) is 0 Å². The van der Waals surface area contributed by atoms with E-state index in [9.17, 15) is 0 Å². The van der Waals surface area contributed by atoms with E-state index in [1.54, 1.807) is 0 Å². The van der Waals surface area contributed by atoms with Crippen molar-refractivity contribution in [1.82, 2.24) is 0 Å². The van der Waals surface area contributed by atoms with Gasteiger partial charge >= 0.3 is 0 Å². The molecular formula is C32H32. The van der Waals surface area contributed by atoms with Crippen molar-refractivity contribution >= 4 is 22.3 Å². The quantitative estimate of drug-likeness (QED) is 0.291. The van der Waals surface area contributed by atoms with Gasteiger partial charge in [-0.05, 0) is 72.2 Å². The van der Waals surface area contributed by atoms with Gasteiger partial charge in [0.15, 0.2) is 0 Å². The van der Waals surface area contributed by atoms with Crippen LogP contribution in [0, 0.1) is 0 Å². The highest BCUT2D eigenvalue weighted by Crippen LogP contribution is 2.26. The van der Waals surface area contributed by atoms with Gasteiger partial charge < -0.3 is 0 Å². The number of hydrogen-bond acceptors (Lipinski definition) is 0. The van der Waals surface area contributed by atoms with Crippen LogP contribution in [0.15, 0.2) is 121 Å². The molecule has 0 heteroatoms. The molecule has 4 aromatic carbocycles. The summed E-state index contributed by atoms with van der Waals surface area (Å²) >= 11 is 0. The van der Waals surface area contributed by atoms with E-state index in [-0.39, 0.29) is 0 Å². The first-order chi connectivity index (χ1) is 15.6. The third-order valence-electron chi connectivity index (χ3n) is 5.95. The van der Waals surface area contributed by atoms with E-state index in [1.807, 2.05) is 0 Å². The number of allylic oxidation sites excluding steroid dienone is 4. The molecule has 0 aromatic heterocycles. The van der Waals surface area contributed by atoms with Gasteiger partial charge in [0.2, 0.25) is 0 Å². The van der Waals surface area contributed by atoms with E-state index >= 15 is 0 Å². The zero-order valence-electron chi connectivity index (χ0n) is 19.5. The molecule has 0 aliphatic carbocycles. The van der Waals surface area contributed by atoms with Gasteiger partial charge in [-0.1, -0.05) is 121 Å². The van der Waals surface area contributed by atoms with Crippen LogP contribution in [-0.4, -0.2) is 0 Å². The highest BCUT2D eigenvalue weighted by molar-refractivity contribution is 5.89. The SMILES string of the molecule is C/C(=C(/C)c1ccccc1)c1ccccc1.C/C(=C(\C)c1ccccc1)c1ccccc1. The summed E-state index contributed by atoms with van der Waals surface area (Å²) in [6, 6.07) is 42.1. The van der Waals surface area contributed by atoms with Crippen molar-refractivity contribution in [1.29, 1.82) is 0 Å².